The van der Waals surface area contributed by atoms with E-state index < -0.39 is 0 Å². The van der Waals surface area contributed by atoms with Gasteiger partial charge in [0.1, 0.15) is 5.76 Å². The summed E-state index contributed by atoms with van der Waals surface area (Å²) in [6.07, 6.45) is 7.53. The topological polar surface area (TPSA) is 78.9 Å². The number of pyridine rings is 1. The van der Waals surface area contributed by atoms with Crippen molar-refractivity contribution in [1.29, 1.82) is 0 Å². The molecule has 160 valence electrons. The summed E-state index contributed by atoms with van der Waals surface area (Å²) in [7, 11) is 1.56. The molecule has 0 radical (unpaired) electrons. The molecule has 0 N–H and O–H groups in total. The Morgan fingerprint density at radius 3 is 2.34 bits per heavy atom. The monoisotopic (exact) mass is 425 g/mol. The third kappa shape index (κ3) is 3.32. The molecule has 1 aromatic carbocycles. The standard InChI is InChI=1S/C25H23N5O2/c1-15-23(17(3)32-29-15)19-10-22-24(26-11-19)21(20-12-27-25(31-4)28-13-20)14-30(22)16(2)18-8-6-5-7-9-18/h5-14,16H,1-4H3. The number of hydrogen-bond acceptors (Lipinski definition) is 6. The van der Waals surface area contributed by atoms with Gasteiger partial charge in [-0.25, -0.2) is 9.97 Å². The number of aryl methyl sites for hydroxylation is 2. The highest BCUT2D eigenvalue weighted by Crippen LogP contribution is 2.36. The van der Waals surface area contributed by atoms with E-state index in [1.54, 1.807) is 19.5 Å². The van der Waals surface area contributed by atoms with E-state index in [1.165, 1.54) is 5.56 Å². The fraction of sp³-hybridized carbons (Fsp3) is 0.200. The average Bonchev–Trinajstić information content (AvgIpc) is 3.38. The second-order valence-corrected chi connectivity index (χ2v) is 7.79. The highest BCUT2D eigenvalue weighted by atomic mass is 16.5. The lowest BCUT2D eigenvalue weighted by Crippen LogP contribution is -2.05. The highest BCUT2D eigenvalue weighted by Gasteiger charge is 2.20. The van der Waals surface area contributed by atoms with Crippen LogP contribution in [0.5, 0.6) is 6.01 Å². The smallest absolute Gasteiger partial charge is 0.316 e. The fourth-order valence-corrected chi connectivity index (χ4v) is 4.14. The molecule has 7 heteroatoms. The summed E-state index contributed by atoms with van der Waals surface area (Å²) in [5.74, 6) is 0.779. The van der Waals surface area contributed by atoms with Gasteiger partial charge in [-0.15, -0.1) is 0 Å². The first kappa shape index (κ1) is 19.9. The molecule has 0 fully saturated rings. The zero-order valence-electron chi connectivity index (χ0n) is 18.4. The second-order valence-electron chi connectivity index (χ2n) is 7.79. The van der Waals surface area contributed by atoms with Crippen LogP contribution in [0.25, 0.3) is 33.3 Å². The molecule has 0 aliphatic carbocycles. The van der Waals surface area contributed by atoms with Gasteiger partial charge in [0.15, 0.2) is 0 Å². The number of hydrogen-bond donors (Lipinski definition) is 0. The minimum atomic E-state index is 0.105. The molecule has 0 aliphatic heterocycles. The van der Waals surface area contributed by atoms with E-state index in [9.17, 15) is 0 Å². The maximum Gasteiger partial charge on any atom is 0.316 e. The van der Waals surface area contributed by atoms with E-state index in [4.69, 9.17) is 14.2 Å². The van der Waals surface area contributed by atoms with Crippen molar-refractivity contribution in [3.05, 3.63) is 78.2 Å². The first-order chi connectivity index (χ1) is 15.6. The first-order valence-electron chi connectivity index (χ1n) is 10.4. The molecule has 1 atom stereocenters. The number of benzene rings is 1. The van der Waals surface area contributed by atoms with Crippen molar-refractivity contribution in [2.45, 2.75) is 26.8 Å². The summed E-state index contributed by atoms with van der Waals surface area (Å²) in [5.41, 5.74) is 7.77. The van der Waals surface area contributed by atoms with Gasteiger partial charge in [0.25, 0.3) is 0 Å². The van der Waals surface area contributed by atoms with Crippen LogP contribution in [0.15, 0.2) is 65.7 Å². The Morgan fingerprint density at radius 2 is 1.69 bits per heavy atom. The molecular weight excluding hydrogens is 402 g/mol. The van der Waals surface area contributed by atoms with E-state index in [-0.39, 0.29) is 6.04 Å². The summed E-state index contributed by atoms with van der Waals surface area (Å²) in [6.45, 7) is 6.05. The molecular formula is C25H23N5O2. The number of ether oxygens (including phenoxy) is 1. The number of fused-ring (bicyclic) bond motifs is 1. The molecule has 0 spiro atoms. The van der Waals surface area contributed by atoms with Crippen molar-refractivity contribution < 1.29 is 9.26 Å². The van der Waals surface area contributed by atoms with Crippen LogP contribution in [-0.2, 0) is 0 Å². The number of aromatic nitrogens is 5. The highest BCUT2D eigenvalue weighted by molar-refractivity contribution is 5.95. The quantitative estimate of drug-likeness (QED) is 0.376. The Morgan fingerprint density at radius 1 is 0.969 bits per heavy atom. The second kappa shape index (κ2) is 7.92. The summed E-state index contributed by atoms with van der Waals surface area (Å²) in [4.78, 5) is 13.4. The lowest BCUT2D eigenvalue weighted by atomic mass is 10.0. The van der Waals surface area contributed by atoms with Gasteiger partial charge in [0.2, 0.25) is 0 Å². The van der Waals surface area contributed by atoms with E-state index in [0.29, 0.717) is 6.01 Å². The zero-order valence-corrected chi connectivity index (χ0v) is 18.4. The minimum Gasteiger partial charge on any atom is -0.467 e. The van der Waals surface area contributed by atoms with E-state index in [2.05, 4.69) is 63.1 Å². The Bertz CT molecular complexity index is 1370. The van der Waals surface area contributed by atoms with Crippen molar-refractivity contribution in [1.82, 2.24) is 24.7 Å². The van der Waals surface area contributed by atoms with Gasteiger partial charge < -0.3 is 13.8 Å². The summed E-state index contributed by atoms with van der Waals surface area (Å²) >= 11 is 0. The van der Waals surface area contributed by atoms with Gasteiger partial charge in [-0.3, -0.25) is 4.98 Å². The molecule has 7 nitrogen and oxygen atoms in total. The molecule has 4 heterocycles. The molecule has 0 bridgehead atoms. The van der Waals surface area contributed by atoms with Crippen molar-refractivity contribution in [3.8, 4) is 28.3 Å². The fourth-order valence-electron chi connectivity index (χ4n) is 4.14. The van der Waals surface area contributed by atoms with Crippen molar-refractivity contribution in [2.24, 2.45) is 0 Å². The van der Waals surface area contributed by atoms with Crippen LogP contribution in [0.1, 0.15) is 30.0 Å². The maximum absolute atomic E-state index is 5.39. The van der Waals surface area contributed by atoms with Gasteiger partial charge >= 0.3 is 6.01 Å². The Labute approximate surface area is 185 Å². The van der Waals surface area contributed by atoms with Crippen LogP contribution < -0.4 is 4.74 Å². The predicted molar refractivity (Wildman–Crippen MR) is 123 cm³/mol. The summed E-state index contributed by atoms with van der Waals surface area (Å²) in [5, 5.41) is 4.11. The van der Waals surface area contributed by atoms with Gasteiger partial charge in [-0.2, -0.15) is 0 Å². The molecule has 0 amide bonds. The Balaban J connectivity index is 1.73. The molecule has 5 aromatic rings. The zero-order chi connectivity index (χ0) is 22.2. The van der Waals surface area contributed by atoms with Crippen LogP contribution in [0.3, 0.4) is 0 Å². The van der Waals surface area contributed by atoms with Crippen molar-refractivity contribution in [2.75, 3.05) is 7.11 Å². The number of nitrogens with zero attached hydrogens (tertiary/aromatic N) is 5. The third-order valence-corrected chi connectivity index (χ3v) is 5.81. The van der Waals surface area contributed by atoms with Crippen LogP contribution >= 0.6 is 0 Å². The lowest BCUT2D eigenvalue weighted by Gasteiger charge is -2.16. The van der Waals surface area contributed by atoms with Crippen LogP contribution in [-0.4, -0.2) is 31.8 Å². The average molecular weight is 425 g/mol. The van der Waals surface area contributed by atoms with Crippen molar-refractivity contribution >= 4 is 11.0 Å². The van der Waals surface area contributed by atoms with E-state index in [0.717, 1.165) is 44.7 Å². The number of methoxy groups -OCH3 is 1. The molecule has 1 unspecified atom stereocenters. The molecule has 0 saturated carbocycles. The predicted octanol–water partition coefficient (Wildman–Crippen LogP) is 5.38. The normalized spacial score (nSPS) is 12.2. The lowest BCUT2D eigenvalue weighted by molar-refractivity contribution is 0.380. The molecule has 5 rings (SSSR count). The van der Waals surface area contributed by atoms with Gasteiger partial charge in [0, 0.05) is 47.0 Å². The Kier molecular flexibility index (Phi) is 4.93. The SMILES string of the molecule is COc1ncc(-c2cn(C(C)c3ccccc3)c3cc(-c4c(C)noc4C)cnc23)cn1. The van der Waals surface area contributed by atoms with Gasteiger partial charge in [-0.05, 0) is 32.4 Å². The third-order valence-electron chi connectivity index (χ3n) is 5.81. The van der Waals surface area contributed by atoms with Gasteiger partial charge in [-0.1, -0.05) is 35.5 Å². The molecule has 0 saturated heterocycles. The molecule has 0 aliphatic rings. The van der Waals surface area contributed by atoms with Crippen molar-refractivity contribution in [3.63, 3.8) is 0 Å². The summed E-state index contributed by atoms with van der Waals surface area (Å²) < 4.78 is 12.8. The number of rotatable bonds is 5. The molecule has 4 aromatic heterocycles. The van der Waals surface area contributed by atoms with Crippen LogP contribution in [0, 0.1) is 13.8 Å². The van der Waals surface area contributed by atoms with Crippen LogP contribution in [0.4, 0.5) is 0 Å². The van der Waals surface area contributed by atoms with E-state index in [1.807, 2.05) is 26.1 Å². The first-order valence-corrected chi connectivity index (χ1v) is 10.4. The minimum absolute atomic E-state index is 0.105. The largest absolute Gasteiger partial charge is 0.467 e. The molecule has 32 heavy (non-hydrogen) atoms. The van der Waals surface area contributed by atoms with Crippen LogP contribution in [0.2, 0.25) is 0 Å². The van der Waals surface area contributed by atoms with Gasteiger partial charge in [0.05, 0.1) is 29.9 Å². The maximum atomic E-state index is 5.39. The summed E-state index contributed by atoms with van der Waals surface area (Å²) in [6, 6.07) is 13.0. The Hall–Kier alpha value is -4.00. The van der Waals surface area contributed by atoms with E-state index >= 15 is 0 Å².